The molecule has 0 saturated heterocycles. The third-order valence-electron chi connectivity index (χ3n) is 5.00. The van der Waals surface area contributed by atoms with Gasteiger partial charge in [-0.1, -0.05) is 69.3 Å². The second kappa shape index (κ2) is 12.0. The van der Waals surface area contributed by atoms with Crippen LogP contribution in [0, 0.1) is 12.8 Å². The van der Waals surface area contributed by atoms with Crippen molar-refractivity contribution in [1.82, 2.24) is 10.2 Å². The number of para-hydroxylation sites is 1. The summed E-state index contributed by atoms with van der Waals surface area (Å²) in [7, 11) is 0. The minimum Gasteiger partial charge on any atom is -0.484 e. The van der Waals surface area contributed by atoms with Gasteiger partial charge in [0.2, 0.25) is 5.91 Å². The Morgan fingerprint density at radius 1 is 1.03 bits per heavy atom. The summed E-state index contributed by atoms with van der Waals surface area (Å²) in [5.41, 5.74) is 2.11. The quantitative estimate of drug-likeness (QED) is 0.609. The number of amides is 2. The van der Waals surface area contributed by atoms with Crippen molar-refractivity contribution in [3.05, 3.63) is 65.7 Å². The van der Waals surface area contributed by atoms with Gasteiger partial charge in [0.1, 0.15) is 11.8 Å². The summed E-state index contributed by atoms with van der Waals surface area (Å²) in [4.78, 5) is 27.6. The number of hydrogen-bond donors (Lipinski definition) is 1. The molecule has 2 amide bonds. The normalized spacial score (nSPS) is 11.8. The maximum atomic E-state index is 13.1. The molecule has 0 aromatic heterocycles. The largest absolute Gasteiger partial charge is 0.484 e. The molecule has 162 valence electrons. The standard InChI is InChI=1S/C25H34N2O3/c1-5-22(25(29)26-17-19(2)3)27(16-15-21-12-7-6-8-13-21)24(28)18-30-23-14-10-9-11-20(23)4/h6-14,19,22H,5,15-18H2,1-4H3,(H,26,29)/t22-/m0/s1. The van der Waals surface area contributed by atoms with Crippen LogP contribution in [0.15, 0.2) is 54.6 Å². The maximum absolute atomic E-state index is 13.1. The lowest BCUT2D eigenvalue weighted by Gasteiger charge is -2.31. The Labute approximate surface area is 180 Å². The predicted molar refractivity (Wildman–Crippen MR) is 120 cm³/mol. The Morgan fingerprint density at radius 2 is 1.70 bits per heavy atom. The average Bonchev–Trinajstić information content (AvgIpc) is 2.75. The van der Waals surface area contributed by atoms with Gasteiger partial charge < -0.3 is 15.0 Å². The van der Waals surface area contributed by atoms with Gasteiger partial charge in [0.15, 0.2) is 6.61 Å². The molecule has 2 rings (SSSR count). The fraction of sp³-hybridized carbons (Fsp3) is 0.440. The molecule has 0 saturated carbocycles. The SMILES string of the molecule is CC[C@@H](C(=O)NCC(C)C)N(CCc1ccccc1)C(=O)COc1ccccc1C. The number of ether oxygens (including phenoxy) is 1. The molecule has 0 heterocycles. The van der Waals surface area contributed by atoms with Crippen molar-refractivity contribution >= 4 is 11.8 Å². The van der Waals surface area contributed by atoms with Gasteiger partial charge in [0.05, 0.1) is 0 Å². The van der Waals surface area contributed by atoms with E-state index in [2.05, 4.69) is 19.2 Å². The van der Waals surface area contributed by atoms with Crippen molar-refractivity contribution < 1.29 is 14.3 Å². The molecule has 5 nitrogen and oxygen atoms in total. The molecular formula is C25H34N2O3. The fourth-order valence-corrected chi connectivity index (χ4v) is 3.26. The van der Waals surface area contributed by atoms with Crippen LogP contribution in [0.4, 0.5) is 0 Å². The molecule has 0 aliphatic rings. The van der Waals surface area contributed by atoms with Gasteiger partial charge in [-0.05, 0) is 42.9 Å². The molecule has 0 unspecified atom stereocenters. The van der Waals surface area contributed by atoms with Crippen LogP contribution in [0.25, 0.3) is 0 Å². The summed E-state index contributed by atoms with van der Waals surface area (Å²) >= 11 is 0. The lowest BCUT2D eigenvalue weighted by Crippen LogP contribution is -2.51. The number of carbonyl (C=O) groups is 2. The lowest BCUT2D eigenvalue weighted by atomic mass is 10.1. The third kappa shape index (κ3) is 7.21. The highest BCUT2D eigenvalue weighted by atomic mass is 16.5. The van der Waals surface area contributed by atoms with Crippen LogP contribution in [0.1, 0.15) is 38.3 Å². The summed E-state index contributed by atoms with van der Waals surface area (Å²) in [5.74, 6) is 0.750. The number of aryl methyl sites for hydroxylation is 1. The van der Waals surface area contributed by atoms with E-state index in [0.717, 1.165) is 11.1 Å². The second-order valence-electron chi connectivity index (χ2n) is 7.94. The van der Waals surface area contributed by atoms with Crippen molar-refractivity contribution in [2.45, 2.75) is 46.6 Å². The summed E-state index contributed by atoms with van der Waals surface area (Å²) in [5, 5.41) is 2.98. The fourth-order valence-electron chi connectivity index (χ4n) is 3.26. The van der Waals surface area contributed by atoms with Crippen LogP contribution in [0.3, 0.4) is 0 Å². The van der Waals surface area contributed by atoms with E-state index < -0.39 is 6.04 Å². The number of rotatable bonds is 11. The smallest absolute Gasteiger partial charge is 0.261 e. The topological polar surface area (TPSA) is 58.6 Å². The van der Waals surface area contributed by atoms with Gasteiger partial charge in [0.25, 0.3) is 5.91 Å². The zero-order chi connectivity index (χ0) is 21.9. The highest BCUT2D eigenvalue weighted by Gasteiger charge is 2.28. The Bertz CT molecular complexity index is 805. The van der Waals surface area contributed by atoms with E-state index in [1.807, 2.05) is 68.4 Å². The first-order valence-corrected chi connectivity index (χ1v) is 10.7. The van der Waals surface area contributed by atoms with E-state index in [-0.39, 0.29) is 18.4 Å². The van der Waals surface area contributed by atoms with Gasteiger partial charge in [-0.15, -0.1) is 0 Å². The summed E-state index contributed by atoms with van der Waals surface area (Å²) < 4.78 is 5.78. The molecule has 0 aliphatic carbocycles. The zero-order valence-electron chi connectivity index (χ0n) is 18.6. The molecular weight excluding hydrogens is 376 g/mol. The minimum absolute atomic E-state index is 0.0897. The number of nitrogens with one attached hydrogen (secondary N) is 1. The molecule has 0 radical (unpaired) electrons. The molecule has 1 atom stereocenters. The maximum Gasteiger partial charge on any atom is 0.261 e. The van der Waals surface area contributed by atoms with Crippen LogP contribution in [0.2, 0.25) is 0 Å². The van der Waals surface area contributed by atoms with E-state index in [1.165, 1.54) is 0 Å². The number of carbonyl (C=O) groups excluding carboxylic acids is 2. The third-order valence-corrected chi connectivity index (χ3v) is 5.00. The molecule has 1 N–H and O–H groups in total. The molecule has 5 heteroatoms. The van der Waals surface area contributed by atoms with Gasteiger partial charge in [-0.3, -0.25) is 9.59 Å². The van der Waals surface area contributed by atoms with Crippen LogP contribution >= 0.6 is 0 Å². The Hall–Kier alpha value is -2.82. The summed E-state index contributed by atoms with van der Waals surface area (Å²) in [6.07, 6.45) is 1.24. The van der Waals surface area contributed by atoms with E-state index in [0.29, 0.717) is 37.6 Å². The van der Waals surface area contributed by atoms with Crippen LogP contribution in [0.5, 0.6) is 5.75 Å². The van der Waals surface area contributed by atoms with Crippen molar-refractivity contribution in [3.8, 4) is 5.75 Å². The first-order chi connectivity index (χ1) is 14.4. The number of hydrogen-bond acceptors (Lipinski definition) is 3. The van der Waals surface area contributed by atoms with Gasteiger partial charge in [0, 0.05) is 13.1 Å². The molecule has 0 spiro atoms. The first-order valence-electron chi connectivity index (χ1n) is 10.7. The second-order valence-corrected chi connectivity index (χ2v) is 7.94. The Morgan fingerprint density at radius 3 is 2.33 bits per heavy atom. The number of nitrogens with zero attached hydrogens (tertiary/aromatic N) is 1. The highest BCUT2D eigenvalue weighted by molar-refractivity contribution is 5.88. The number of benzene rings is 2. The van der Waals surface area contributed by atoms with Gasteiger partial charge >= 0.3 is 0 Å². The van der Waals surface area contributed by atoms with Crippen LogP contribution in [-0.2, 0) is 16.0 Å². The van der Waals surface area contributed by atoms with Crippen LogP contribution < -0.4 is 10.1 Å². The summed E-state index contributed by atoms with van der Waals surface area (Å²) in [6, 6.07) is 17.1. The van der Waals surface area contributed by atoms with E-state index in [4.69, 9.17) is 4.74 Å². The van der Waals surface area contributed by atoms with Crippen molar-refractivity contribution in [3.63, 3.8) is 0 Å². The average molecular weight is 411 g/mol. The molecule has 2 aromatic carbocycles. The summed E-state index contributed by atoms with van der Waals surface area (Å²) in [6.45, 7) is 8.95. The van der Waals surface area contributed by atoms with Crippen LogP contribution in [-0.4, -0.2) is 42.5 Å². The Balaban J connectivity index is 2.12. The van der Waals surface area contributed by atoms with Gasteiger partial charge in [-0.25, -0.2) is 0 Å². The van der Waals surface area contributed by atoms with E-state index in [9.17, 15) is 9.59 Å². The first kappa shape index (κ1) is 23.5. The van der Waals surface area contributed by atoms with E-state index in [1.54, 1.807) is 4.90 Å². The van der Waals surface area contributed by atoms with Crippen molar-refractivity contribution in [2.24, 2.45) is 5.92 Å². The van der Waals surface area contributed by atoms with Crippen molar-refractivity contribution in [1.29, 1.82) is 0 Å². The molecule has 2 aromatic rings. The van der Waals surface area contributed by atoms with Crippen molar-refractivity contribution in [2.75, 3.05) is 19.7 Å². The molecule has 0 fully saturated rings. The Kier molecular flexibility index (Phi) is 9.39. The molecule has 0 bridgehead atoms. The molecule has 30 heavy (non-hydrogen) atoms. The minimum atomic E-state index is -0.513. The lowest BCUT2D eigenvalue weighted by molar-refractivity contribution is -0.142. The van der Waals surface area contributed by atoms with Gasteiger partial charge in [-0.2, -0.15) is 0 Å². The molecule has 0 aliphatic heterocycles. The monoisotopic (exact) mass is 410 g/mol. The highest BCUT2D eigenvalue weighted by Crippen LogP contribution is 2.17. The zero-order valence-corrected chi connectivity index (χ0v) is 18.6. The van der Waals surface area contributed by atoms with E-state index >= 15 is 0 Å². The predicted octanol–water partition coefficient (Wildman–Crippen LogP) is 4.00.